The first-order valence-electron chi connectivity index (χ1n) is 6.14. The summed E-state index contributed by atoms with van der Waals surface area (Å²) in [5.74, 6) is -1.28. The van der Waals surface area contributed by atoms with E-state index in [9.17, 15) is 14.4 Å². The number of benzene rings is 1. The molecule has 1 aliphatic rings. The average Bonchev–Trinajstić information content (AvgIpc) is 2.90. The largest absolute Gasteiger partial charge is 0.452 e. The molecule has 1 fully saturated rings. The molecule has 0 radical (unpaired) electrons. The number of halogens is 1. The molecule has 21 heavy (non-hydrogen) atoms. The number of cyclic esters (lactones) is 1. The van der Waals surface area contributed by atoms with Gasteiger partial charge in [-0.1, -0.05) is 23.7 Å². The lowest BCUT2D eigenvalue weighted by atomic mass is 10.2. The van der Waals surface area contributed by atoms with Crippen molar-refractivity contribution in [1.82, 2.24) is 4.90 Å². The van der Waals surface area contributed by atoms with Gasteiger partial charge in [0, 0.05) is 11.1 Å². The molecule has 0 spiro atoms. The smallest absolute Gasteiger partial charge is 0.416 e. The summed E-state index contributed by atoms with van der Waals surface area (Å²) in [6.07, 6.45) is 2.01. The number of rotatable bonds is 4. The average molecular weight is 310 g/mol. The maximum Gasteiger partial charge on any atom is 0.416 e. The molecule has 0 bridgehead atoms. The van der Waals surface area contributed by atoms with Gasteiger partial charge in [0.25, 0.3) is 5.91 Å². The molecule has 7 heteroatoms. The fourth-order valence-electron chi connectivity index (χ4n) is 1.62. The van der Waals surface area contributed by atoms with Crippen LogP contribution in [0.25, 0.3) is 6.08 Å². The fraction of sp³-hybridized carbons (Fsp3) is 0.214. The molecule has 1 aliphatic heterocycles. The summed E-state index contributed by atoms with van der Waals surface area (Å²) in [4.78, 5) is 35.1. The molecule has 1 aromatic rings. The van der Waals surface area contributed by atoms with Crippen molar-refractivity contribution in [2.75, 3.05) is 19.8 Å². The summed E-state index contributed by atoms with van der Waals surface area (Å²) in [7, 11) is 0. The van der Waals surface area contributed by atoms with Crippen molar-refractivity contribution in [1.29, 1.82) is 0 Å². The normalized spacial score (nSPS) is 14.3. The van der Waals surface area contributed by atoms with Gasteiger partial charge in [0.1, 0.15) is 6.61 Å². The molecular weight excluding hydrogens is 298 g/mol. The number of esters is 1. The van der Waals surface area contributed by atoms with E-state index in [4.69, 9.17) is 16.3 Å². The fourth-order valence-corrected chi connectivity index (χ4v) is 1.74. The predicted molar refractivity (Wildman–Crippen MR) is 74.5 cm³/mol. The Hall–Kier alpha value is -2.34. The van der Waals surface area contributed by atoms with E-state index in [1.54, 1.807) is 24.3 Å². The molecule has 0 aromatic heterocycles. The quantitative estimate of drug-likeness (QED) is 0.627. The SMILES string of the molecule is O=C(/C=C/c1ccc(Cl)cc1)OCC(=O)N1CCOC1=O. The van der Waals surface area contributed by atoms with Gasteiger partial charge in [-0.15, -0.1) is 0 Å². The van der Waals surface area contributed by atoms with Crippen molar-refractivity contribution in [3.05, 3.63) is 40.9 Å². The Morgan fingerprint density at radius 1 is 1.33 bits per heavy atom. The molecule has 1 heterocycles. The summed E-state index contributed by atoms with van der Waals surface area (Å²) >= 11 is 5.74. The van der Waals surface area contributed by atoms with Crippen LogP contribution in [0, 0.1) is 0 Å². The van der Waals surface area contributed by atoms with Gasteiger partial charge in [-0.05, 0) is 23.8 Å². The zero-order chi connectivity index (χ0) is 15.2. The molecule has 1 saturated heterocycles. The second-order valence-electron chi connectivity index (χ2n) is 4.15. The Balaban J connectivity index is 1.80. The van der Waals surface area contributed by atoms with E-state index in [1.165, 1.54) is 12.2 Å². The molecule has 2 rings (SSSR count). The van der Waals surface area contributed by atoms with Crippen LogP contribution in [0.15, 0.2) is 30.3 Å². The second kappa shape index (κ2) is 6.90. The maximum absolute atomic E-state index is 11.6. The number of imide groups is 1. The van der Waals surface area contributed by atoms with Crippen molar-refractivity contribution < 1.29 is 23.9 Å². The van der Waals surface area contributed by atoms with E-state index in [0.29, 0.717) is 5.02 Å². The molecule has 0 atom stereocenters. The topological polar surface area (TPSA) is 72.9 Å². The summed E-state index contributed by atoms with van der Waals surface area (Å²) in [6.45, 7) is -0.163. The highest BCUT2D eigenvalue weighted by Crippen LogP contribution is 2.10. The number of carbonyl (C=O) groups excluding carboxylic acids is 3. The monoisotopic (exact) mass is 309 g/mol. The Bertz CT molecular complexity index is 582. The lowest BCUT2D eigenvalue weighted by Gasteiger charge is -2.09. The van der Waals surface area contributed by atoms with Gasteiger partial charge in [-0.2, -0.15) is 0 Å². The van der Waals surface area contributed by atoms with Crippen molar-refractivity contribution in [3.63, 3.8) is 0 Å². The van der Waals surface area contributed by atoms with Gasteiger partial charge in [-0.3, -0.25) is 4.79 Å². The Labute approximate surface area is 125 Å². The molecule has 0 saturated carbocycles. The highest BCUT2D eigenvalue weighted by atomic mass is 35.5. The Kier molecular flexibility index (Phi) is 4.94. The molecular formula is C14H12ClNO5. The van der Waals surface area contributed by atoms with E-state index in [2.05, 4.69) is 4.74 Å². The third kappa shape index (κ3) is 4.32. The third-order valence-electron chi connectivity index (χ3n) is 2.68. The number of nitrogens with zero attached hydrogens (tertiary/aromatic N) is 1. The minimum Gasteiger partial charge on any atom is -0.452 e. The zero-order valence-corrected chi connectivity index (χ0v) is 11.7. The van der Waals surface area contributed by atoms with E-state index in [-0.39, 0.29) is 13.2 Å². The minimum atomic E-state index is -0.715. The van der Waals surface area contributed by atoms with Crippen LogP contribution >= 0.6 is 11.6 Å². The standard InChI is InChI=1S/C14H12ClNO5/c15-11-4-1-10(2-5-11)3-6-13(18)21-9-12(17)16-7-8-20-14(16)19/h1-6H,7-9H2/b6-3+. The van der Waals surface area contributed by atoms with Crippen LogP contribution in [0.1, 0.15) is 5.56 Å². The van der Waals surface area contributed by atoms with E-state index in [1.807, 2.05) is 0 Å². The summed E-state index contributed by atoms with van der Waals surface area (Å²) in [6, 6.07) is 6.85. The molecule has 110 valence electrons. The molecule has 0 aliphatic carbocycles. The minimum absolute atomic E-state index is 0.162. The van der Waals surface area contributed by atoms with Crippen molar-refractivity contribution in [2.24, 2.45) is 0 Å². The first kappa shape index (κ1) is 15.1. The molecule has 2 amide bonds. The predicted octanol–water partition coefficient (Wildman–Crippen LogP) is 1.88. The van der Waals surface area contributed by atoms with E-state index in [0.717, 1.165) is 10.5 Å². The van der Waals surface area contributed by atoms with E-state index < -0.39 is 24.6 Å². The summed E-state index contributed by atoms with van der Waals surface area (Å²) in [5.41, 5.74) is 0.769. The molecule has 1 aromatic carbocycles. The van der Waals surface area contributed by atoms with Gasteiger partial charge in [0.2, 0.25) is 0 Å². The van der Waals surface area contributed by atoms with Gasteiger partial charge in [0.15, 0.2) is 6.61 Å². The van der Waals surface area contributed by atoms with Crippen LogP contribution in [-0.4, -0.2) is 42.6 Å². The van der Waals surface area contributed by atoms with Gasteiger partial charge >= 0.3 is 12.1 Å². The van der Waals surface area contributed by atoms with Gasteiger partial charge < -0.3 is 9.47 Å². The zero-order valence-electron chi connectivity index (χ0n) is 11.0. The van der Waals surface area contributed by atoms with Crippen LogP contribution in [0.2, 0.25) is 5.02 Å². The van der Waals surface area contributed by atoms with Crippen LogP contribution in [-0.2, 0) is 19.1 Å². The number of hydrogen-bond acceptors (Lipinski definition) is 5. The third-order valence-corrected chi connectivity index (χ3v) is 2.93. The number of amides is 2. The maximum atomic E-state index is 11.6. The lowest BCUT2D eigenvalue weighted by Crippen LogP contribution is -2.35. The van der Waals surface area contributed by atoms with Crippen molar-refractivity contribution in [2.45, 2.75) is 0 Å². The molecule has 6 nitrogen and oxygen atoms in total. The van der Waals surface area contributed by atoms with E-state index >= 15 is 0 Å². The second-order valence-corrected chi connectivity index (χ2v) is 4.59. The summed E-state index contributed by atoms with van der Waals surface area (Å²) < 4.78 is 9.37. The highest BCUT2D eigenvalue weighted by Gasteiger charge is 2.28. The van der Waals surface area contributed by atoms with Crippen molar-refractivity contribution >= 4 is 35.6 Å². The van der Waals surface area contributed by atoms with Gasteiger partial charge in [0.05, 0.1) is 6.54 Å². The Morgan fingerprint density at radius 3 is 2.67 bits per heavy atom. The highest BCUT2D eigenvalue weighted by molar-refractivity contribution is 6.30. The van der Waals surface area contributed by atoms with Crippen LogP contribution in [0.3, 0.4) is 0 Å². The number of hydrogen-bond donors (Lipinski definition) is 0. The van der Waals surface area contributed by atoms with Crippen LogP contribution in [0.4, 0.5) is 4.79 Å². The molecule has 0 unspecified atom stereocenters. The Morgan fingerprint density at radius 2 is 2.05 bits per heavy atom. The van der Waals surface area contributed by atoms with Crippen LogP contribution < -0.4 is 0 Å². The lowest BCUT2D eigenvalue weighted by molar-refractivity contribution is -0.146. The van der Waals surface area contributed by atoms with Crippen molar-refractivity contribution in [3.8, 4) is 0 Å². The molecule has 0 N–H and O–H groups in total. The summed E-state index contributed by atoms with van der Waals surface area (Å²) in [5, 5.41) is 0.595. The first-order valence-corrected chi connectivity index (χ1v) is 6.51. The van der Waals surface area contributed by atoms with Crippen LogP contribution in [0.5, 0.6) is 0 Å². The number of carbonyl (C=O) groups is 3. The first-order chi connectivity index (χ1) is 10.1. The number of ether oxygens (including phenoxy) is 2. The van der Waals surface area contributed by atoms with Gasteiger partial charge in [-0.25, -0.2) is 14.5 Å².